The van der Waals surface area contributed by atoms with E-state index in [0.29, 0.717) is 3.71 Å². The van der Waals surface area contributed by atoms with Crippen molar-refractivity contribution in [2.45, 2.75) is 6.92 Å². The molecule has 0 aromatic heterocycles. The third-order valence-corrected chi connectivity index (χ3v) is 2.50. The van der Waals surface area contributed by atoms with Gasteiger partial charge < -0.3 is 9.11 Å². The van der Waals surface area contributed by atoms with Crippen molar-refractivity contribution in [2.75, 3.05) is 6.54 Å². The summed E-state index contributed by atoms with van der Waals surface area (Å²) in [5, 5.41) is 0. The van der Waals surface area contributed by atoms with E-state index >= 15 is 0 Å². The zero-order valence-corrected chi connectivity index (χ0v) is 6.24. The zero-order valence-electron chi connectivity index (χ0n) is 4.60. The highest BCUT2D eigenvalue weighted by Crippen LogP contribution is 1.92. The Balaban J connectivity index is 3.99. The highest BCUT2D eigenvalue weighted by molar-refractivity contribution is 7.92. The fourth-order valence-electron chi connectivity index (χ4n) is 0.261. The Morgan fingerprint density at radius 2 is 1.67 bits per heavy atom. The van der Waals surface area contributed by atoms with Gasteiger partial charge in [0, 0.05) is 29.1 Å². The maximum atomic E-state index is 9.90. The average molecular weight is 171 g/mol. The Morgan fingerprint density at radius 1 is 1.33 bits per heavy atom. The van der Waals surface area contributed by atoms with Gasteiger partial charge in [-0.2, -0.15) is 3.71 Å². The first-order valence-corrected chi connectivity index (χ1v) is 4.12. The number of hydrogen-bond donors (Lipinski definition) is 0. The molecule has 0 N–H and O–H groups in total. The van der Waals surface area contributed by atoms with Crippen LogP contribution in [-0.2, 0) is 22.5 Å². The molecule has 0 rings (SSSR count). The minimum Gasteiger partial charge on any atom is -0.759 e. The second-order valence-electron chi connectivity index (χ2n) is 1.08. The molecule has 0 aliphatic heterocycles. The summed E-state index contributed by atoms with van der Waals surface area (Å²) < 4.78 is 39.9. The van der Waals surface area contributed by atoms with E-state index < -0.39 is 22.5 Å². The van der Waals surface area contributed by atoms with E-state index in [0.717, 1.165) is 0 Å². The zero-order chi connectivity index (χ0) is 7.44. The predicted molar refractivity (Wildman–Crippen MR) is 30.2 cm³/mol. The molecule has 0 saturated heterocycles. The van der Waals surface area contributed by atoms with Gasteiger partial charge in [0.05, 0.1) is 0 Å². The van der Waals surface area contributed by atoms with Crippen LogP contribution in [0.1, 0.15) is 6.92 Å². The summed E-state index contributed by atoms with van der Waals surface area (Å²) in [5.41, 5.74) is 0. The van der Waals surface area contributed by atoms with E-state index in [4.69, 9.17) is 0 Å². The molecule has 9 heavy (non-hydrogen) atoms. The Morgan fingerprint density at radius 3 is 1.67 bits per heavy atom. The fourth-order valence-corrected chi connectivity index (χ4v) is 1.08. The van der Waals surface area contributed by atoms with Crippen LogP contribution in [0.2, 0.25) is 0 Å². The number of hydrogen-bond acceptors (Lipinski definition) is 4. The summed E-state index contributed by atoms with van der Waals surface area (Å²) in [4.78, 5) is 0. The van der Waals surface area contributed by atoms with E-state index in [9.17, 15) is 17.5 Å². The van der Waals surface area contributed by atoms with Crippen LogP contribution in [0.5, 0.6) is 0 Å². The molecule has 0 aliphatic carbocycles. The van der Waals surface area contributed by atoms with Gasteiger partial charge in [0.15, 0.2) is 0 Å². The predicted octanol–water partition coefficient (Wildman–Crippen LogP) is -1.10. The minimum atomic E-state index is -2.66. The first-order valence-electron chi connectivity index (χ1n) is 2.06. The van der Waals surface area contributed by atoms with Crippen LogP contribution in [0.25, 0.3) is 0 Å². The highest BCUT2D eigenvalue weighted by Gasteiger charge is 1.99. The molecule has 0 spiro atoms. The fraction of sp³-hybridized carbons (Fsp3) is 1.00. The molecular formula is C2H5NO4S2-2. The topological polar surface area (TPSA) is 83.5 Å². The lowest BCUT2D eigenvalue weighted by Crippen LogP contribution is -2.27. The van der Waals surface area contributed by atoms with Crippen molar-refractivity contribution in [3.8, 4) is 0 Å². The molecule has 0 aliphatic rings. The molecule has 0 saturated carbocycles. The molecule has 0 amide bonds. The molecule has 0 radical (unpaired) electrons. The monoisotopic (exact) mass is 171 g/mol. The third kappa shape index (κ3) is 3.01. The molecule has 2 unspecified atom stereocenters. The molecule has 5 nitrogen and oxygen atoms in total. The third-order valence-electron chi connectivity index (χ3n) is 0.591. The van der Waals surface area contributed by atoms with Gasteiger partial charge in [0.25, 0.3) is 0 Å². The van der Waals surface area contributed by atoms with Crippen LogP contribution < -0.4 is 0 Å². The van der Waals surface area contributed by atoms with Gasteiger partial charge in [0.2, 0.25) is 0 Å². The lowest BCUT2D eigenvalue weighted by atomic mass is 10.8. The lowest BCUT2D eigenvalue weighted by molar-refractivity contribution is 0.450. The minimum absolute atomic E-state index is 0.0633. The Hall–Kier alpha value is 0.180. The van der Waals surface area contributed by atoms with Crippen LogP contribution in [0.4, 0.5) is 0 Å². The molecule has 0 aromatic rings. The van der Waals surface area contributed by atoms with Gasteiger partial charge in [-0.3, -0.25) is 8.42 Å². The molecule has 0 heterocycles. The van der Waals surface area contributed by atoms with Crippen molar-refractivity contribution in [2.24, 2.45) is 0 Å². The number of rotatable bonds is 3. The van der Waals surface area contributed by atoms with Crippen molar-refractivity contribution < 1.29 is 17.5 Å². The smallest absolute Gasteiger partial charge is 0.0323 e. The van der Waals surface area contributed by atoms with Gasteiger partial charge in [-0.15, -0.1) is 0 Å². The van der Waals surface area contributed by atoms with Crippen LogP contribution in [0.15, 0.2) is 0 Å². The maximum Gasteiger partial charge on any atom is 0.0323 e. The van der Waals surface area contributed by atoms with Crippen LogP contribution in [-0.4, -0.2) is 27.8 Å². The first-order chi connectivity index (χ1) is 4.09. The van der Waals surface area contributed by atoms with Gasteiger partial charge >= 0.3 is 0 Å². The van der Waals surface area contributed by atoms with Gasteiger partial charge in [-0.1, -0.05) is 6.92 Å². The Bertz CT molecular complexity index is 123. The largest absolute Gasteiger partial charge is 0.759 e. The number of nitrogens with zero attached hydrogens (tertiary/aromatic N) is 1. The van der Waals surface area contributed by atoms with E-state index in [-0.39, 0.29) is 6.54 Å². The summed E-state index contributed by atoms with van der Waals surface area (Å²) in [6, 6.07) is 0. The maximum absolute atomic E-state index is 9.90. The average Bonchev–Trinajstić information content (AvgIpc) is 1.64. The summed E-state index contributed by atoms with van der Waals surface area (Å²) in [7, 11) is 0. The standard InChI is InChI=1S/C2H7NO4S2/c1-2-3(8(4)5)9(6)7/h2H2,1H3,(H,4,5)(H,6,7)/p-2. The van der Waals surface area contributed by atoms with E-state index in [1.807, 2.05) is 0 Å². The quantitative estimate of drug-likeness (QED) is 0.504. The van der Waals surface area contributed by atoms with Crippen molar-refractivity contribution in [1.82, 2.24) is 3.71 Å². The van der Waals surface area contributed by atoms with E-state index in [1.165, 1.54) is 6.92 Å². The van der Waals surface area contributed by atoms with Crippen LogP contribution >= 0.6 is 0 Å². The van der Waals surface area contributed by atoms with Crippen molar-refractivity contribution in [3.05, 3.63) is 0 Å². The first kappa shape index (κ1) is 9.18. The highest BCUT2D eigenvalue weighted by atomic mass is 32.3. The van der Waals surface area contributed by atoms with Crippen LogP contribution in [0, 0.1) is 0 Å². The van der Waals surface area contributed by atoms with Crippen molar-refractivity contribution in [1.29, 1.82) is 0 Å². The summed E-state index contributed by atoms with van der Waals surface area (Å²) >= 11 is -5.33. The summed E-state index contributed by atoms with van der Waals surface area (Å²) in [6.07, 6.45) is 0. The molecule has 2 atom stereocenters. The van der Waals surface area contributed by atoms with Crippen LogP contribution in [0.3, 0.4) is 0 Å². The summed E-state index contributed by atoms with van der Waals surface area (Å²) in [5.74, 6) is 0. The summed E-state index contributed by atoms with van der Waals surface area (Å²) in [6.45, 7) is 1.36. The van der Waals surface area contributed by atoms with Gasteiger partial charge in [0.1, 0.15) is 0 Å². The molecular weight excluding hydrogens is 166 g/mol. The van der Waals surface area contributed by atoms with E-state index in [2.05, 4.69) is 0 Å². The second-order valence-corrected chi connectivity index (χ2v) is 3.06. The molecule has 0 bridgehead atoms. The lowest BCUT2D eigenvalue weighted by Gasteiger charge is -2.23. The second kappa shape index (κ2) is 4.07. The van der Waals surface area contributed by atoms with Gasteiger partial charge in [-0.05, 0) is 0 Å². The molecule has 0 fully saturated rings. The van der Waals surface area contributed by atoms with Crippen molar-refractivity contribution in [3.63, 3.8) is 0 Å². The molecule has 7 heteroatoms. The van der Waals surface area contributed by atoms with E-state index in [1.54, 1.807) is 0 Å². The SMILES string of the molecule is CCN(S(=O)[O-])S(=O)[O-]. The van der Waals surface area contributed by atoms with Gasteiger partial charge in [-0.25, -0.2) is 0 Å². The van der Waals surface area contributed by atoms with Crippen molar-refractivity contribution >= 4 is 22.5 Å². The Kier molecular flexibility index (Phi) is 4.15. The normalized spacial score (nSPS) is 17.8. The Labute approximate surface area is 57.9 Å². The molecule has 0 aromatic carbocycles. The molecule has 56 valence electrons.